The molecule has 1 saturated heterocycles. The summed E-state index contributed by atoms with van der Waals surface area (Å²) in [5.74, 6) is 1.74. The number of guanidine groups is 1. The SMILES string of the molecule is CN=C(NCC1CN(C)CCN1C)NCC1(CC(C)C)CCC1. The van der Waals surface area contributed by atoms with E-state index < -0.39 is 0 Å². The Balaban J connectivity index is 1.77. The van der Waals surface area contributed by atoms with E-state index in [4.69, 9.17) is 0 Å². The Bertz CT molecular complexity index is 389. The molecule has 0 bridgehead atoms. The zero-order valence-corrected chi connectivity index (χ0v) is 15.9. The van der Waals surface area contributed by atoms with Crippen molar-refractivity contribution in [3.05, 3.63) is 0 Å². The van der Waals surface area contributed by atoms with Crippen molar-refractivity contribution in [3.63, 3.8) is 0 Å². The molecule has 0 aromatic heterocycles. The minimum atomic E-state index is 0.508. The first kappa shape index (κ1) is 18.5. The third-order valence-electron chi connectivity index (χ3n) is 5.60. The average Bonchev–Trinajstić information content (AvgIpc) is 2.47. The van der Waals surface area contributed by atoms with E-state index in [2.05, 4.69) is 53.4 Å². The van der Waals surface area contributed by atoms with Crippen LogP contribution in [-0.4, -0.2) is 75.7 Å². The molecule has 2 N–H and O–H groups in total. The standard InChI is InChI=1S/C18H37N5/c1-15(2)11-18(7-6-8-18)14-21-17(19-3)20-12-16-13-22(4)9-10-23(16)5/h15-16H,6-14H2,1-5H3,(H2,19,20,21). The first-order valence-corrected chi connectivity index (χ1v) is 9.27. The van der Waals surface area contributed by atoms with Gasteiger partial charge in [0.15, 0.2) is 5.96 Å². The minimum absolute atomic E-state index is 0.508. The summed E-state index contributed by atoms with van der Waals surface area (Å²) in [6.45, 7) is 10.1. The Labute approximate surface area is 142 Å². The number of nitrogens with zero attached hydrogens (tertiary/aromatic N) is 3. The van der Waals surface area contributed by atoms with Crippen molar-refractivity contribution in [3.8, 4) is 0 Å². The third-order valence-corrected chi connectivity index (χ3v) is 5.60. The first-order valence-electron chi connectivity index (χ1n) is 9.27. The normalized spacial score (nSPS) is 26.2. The highest BCUT2D eigenvalue weighted by Gasteiger charge is 2.37. The second-order valence-electron chi connectivity index (χ2n) is 8.15. The molecule has 2 rings (SSSR count). The van der Waals surface area contributed by atoms with E-state index in [1.54, 1.807) is 0 Å². The Morgan fingerprint density at radius 3 is 2.52 bits per heavy atom. The second-order valence-corrected chi connectivity index (χ2v) is 8.15. The molecule has 1 saturated carbocycles. The maximum absolute atomic E-state index is 4.42. The third kappa shape index (κ3) is 5.35. The lowest BCUT2D eigenvalue weighted by atomic mass is 9.64. The van der Waals surface area contributed by atoms with Gasteiger partial charge in [-0.2, -0.15) is 0 Å². The summed E-state index contributed by atoms with van der Waals surface area (Å²) >= 11 is 0. The average molecular weight is 324 g/mol. The van der Waals surface area contributed by atoms with E-state index in [0.29, 0.717) is 11.5 Å². The van der Waals surface area contributed by atoms with E-state index in [0.717, 1.165) is 44.6 Å². The van der Waals surface area contributed by atoms with Gasteiger partial charge in [0.25, 0.3) is 0 Å². The van der Waals surface area contributed by atoms with E-state index in [9.17, 15) is 0 Å². The van der Waals surface area contributed by atoms with Crippen molar-refractivity contribution in [1.82, 2.24) is 20.4 Å². The van der Waals surface area contributed by atoms with E-state index >= 15 is 0 Å². The predicted molar refractivity (Wildman–Crippen MR) is 99.0 cm³/mol. The topological polar surface area (TPSA) is 42.9 Å². The van der Waals surface area contributed by atoms with Crippen LogP contribution in [0.3, 0.4) is 0 Å². The maximum Gasteiger partial charge on any atom is 0.191 e. The number of piperazine rings is 1. The van der Waals surface area contributed by atoms with Crippen LogP contribution < -0.4 is 10.6 Å². The molecule has 23 heavy (non-hydrogen) atoms. The fourth-order valence-electron chi connectivity index (χ4n) is 4.02. The van der Waals surface area contributed by atoms with Crippen LogP contribution in [-0.2, 0) is 0 Å². The van der Waals surface area contributed by atoms with Crippen molar-refractivity contribution in [1.29, 1.82) is 0 Å². The van der Waals surface area contributed by atoms with Gasteiger partial charge in [0.2, 0.25) is 0 Å². The Kier molecular flexibility index (Phi) is 6.72. The molecule has 0 radical (unpaired) electrons. The molecule has 1 aliphatic carbocycles. The summed E-state index contributed by atoms with van der Waals surface area (Å²) in [5, 5.41) is 7.12. The molecule has 0 aromatic carbocycles. The van der Waals surface area contributed by atoms with Gasteiger partial charge in [0.1, 0.15) is 0 Å². The number of nitrogens with one attached hydrogen (secondary N) is 2. The summed E-state index contributed by atoms with van der Waals surface area (Å²) in [5.41, 5.74) is 0.508. The largest absolute Gasteiger partial charge is 0.356 e. The van der Waals surface area contributed by atoms with Crippen molar-refractivity contribution in [2.24, 2.45) is 16.3 Å². The number of aliphatic imine (C=N–C) groups is 1. The van der Waals surface area contributed by atoms with Gasteiger partial charge in [-0.25, -0.2) is 0 Å². The lowest BCUT2D eigenvalue weighted by Crippen LogP contribution is -2.56. The number of hydrogen-bond donors (Lipinski definition) is 2. The van der Waals surface area contributed by atoms with Crippen molar-refractivity contribution in [2.75, 3.05) is 53.9 Å². The molecule has 1 unspecified atom stereocenters. The molecule has 0 aromatic rings. The van der Waals surface area contributed by atoms with Crippen molar-refractivity contribution >= 4 is 5.96 Å². The Hall–Kier alpha value is -0.810. The van der Waals surface area contributed by atoms with Gasteiger partial charge in [-0.15, -0.1) is 0 Å². The monoisotopic (exact) mass is 323 g/mol. The highest BCUT2D eigenvalue weighted by atomic mass is 15.3. The van der Waals surface area contributed by atoms with Crippen LogP contribution >= 0.6 is 0 Å². The van der Waals surface area contributed by atoms with E-state index in [1.165, 1.54) is 25.7 Å². The molecular formula is C18H37N5. The van der Waals surface area contributed by atoms with Gasteiger partial charge < -0.3 is 15.5 Å². The fraction of sp³-hybridized carbons (Fsp3) is 0.944. The zero-order valence-electron chi connectivity index (χ0n) is 15.9. The first-order chi connectivity index (χ1) is 10.9. The molecule has 0 spiro atoms. The number of likely N-dealkylation sites (N-methyl/N-ethyl adjacent to an activating group) is 2. The molecule has 1 aliphatic heterocycles. The Morgan fingerprint density at radius 1 is 1.22 bits per heavy atom. The van der Waals surface area contributed by atoms with E-state index in [-0.39, 0.29) is 0 Å². The molecule has 2 aliphatic rings. The Morgan fingerprint density at radius 2 is 1.96 bits per heavy atom. The van der Waals surface area contributed by atoms with Gasteiger partial charge in [0.05, 0.1) is 0 Å². The highest BCUT2D eigenvalue weighted by Crippen LogP contribution is 2.45. The molecular weight excluding hydrogens is 286 g/mol. The van der Waals surface area contributed by atoms with Crippen LogP contribution in [0, 0.1) is 11.3 Å². The maximum atomic E-state index is 4.42. The summed E-state index contributed by atoms with van der Waals surface area (Å²) in [6, 6.07) is 0.556. The van der Waals surface area contributed by atoms with E-state index in [1.807, 2.05) is 7.05 Å². The molecule has 134 valence electrons. The van der Waals surface area contributed by atoms with Crippen LogP contribution in [0.2, 0.25) is 0 Å². The summed E-state index contributed by atoms with van der Waals surface area (Å²) in [7, 11) is 6.31. The van der Waals surface area contributed by atoms with Gasteiger partial charge >= 0.3 is 0 Å². The molecule has 5 nitrogen and oxygen atoms in total. The van der Waals surface area contributed by atoms with Crippen LogP contribution in [0.4, 0.5) is 0 Å². The fourth-order valence-corrected chi connectivity index (χ4v) is 4.02. The van der Waals surface area contributed by atoms with Crippen molar-refractivity contribution < 1.29 is 0 Å². The summed E-state index contributed by atoms with van der Waals surface area (Å²) < 4.78 is 0. The molecule has 0 amide bonds. The minimum Gasteiger partial charge on any atom is -0.356 e. The summed E-state index contributed by atoms with van der Waals surface area (Å²) in [4.78, 5) is 9.28. The van der Waals surface area contributed by atoms with Crippen LogP contribution in [0.1, 0.15) is 39.5 Å². The van der Waals surface area contributed by atoms with Crippen LogP contribution in [0.25, 0.3) is 0 Å². The van der Waals surface area contributed by atoms with Gasteiger partial charge in [-0.3, -0.25) is 9.89 Å². The second kappa shape index (κ2) is 8.34. The molecule has 1 heterocycles. The smallest absolute Gasteiger partial charge is 0.191 e. The van der Waals surface area contributed by atoms with Crippen molar-refractivity contribution in [2.45, 2.75) is 45.6 Å². The van der Waals surface area contributed by atoms with Crippen LogP contribution in [0.5, 0.6) is 0 Å². The van der Waals surface area contributed by atoms with Gasteiger partial charge in [-0.05, 0) is 44.7 Å². The molecule has 1 atom stereocenters. The predicted octanol–water partition coefficient (Wildman–Crippen LogP) is 1.61. The quantitative estimate of drug-likeness (QED) is 0.576. The number of hydrogen-bond acceptors (Lipinski definition) is 3. The van der Waals surface area contributed by atoms with Gasteiger partial charge in [0, 0.05) is 45.8 Å². The lowest BCUT2D eigenvalue weighted by Gasteiger charge is -2.44. The lowest BCUT2D eigenvalue weighted by molar-refractivity contribution is 0.104. The summed E-state index contributed by atoms with van der Waals surface area (Å²) in [6.07, 6.45) is 5.45. The highest BCUT2D eigenvalue weighted by molar-refractivity contribution is 5.79. The van der Waals surface area contributed by atoms with Crippen LogP contribution in [0.15, 0.2) is 4.99 Å². The molecule has 5 heteroatoms. The zero-order chi connectivity index (χ0) is 16.9. The number of rotatable bonds is 6. The molecule has 2 fully saturated rings. The van der Waals surface area contributed by atoms with Gasteiger partial charge in [-0.1, -0.05) is 20.3 Å².